The molecular formula is C24H25O5P. The summed E-state index contributed by atoms with van der Waals surface area (Å²) < 4.78 is 26.0. The normalized spacial score (nSPS) is 21.8. The van der Waals surface area contributed by atoms with Gasteiger partial charge in [-0.1, -0.05) is 72.8 Å². The van der Waals surface area contributed by atoms with Gasteiger partial charge in [0.1, 0.15) is 19.3 Å². The van der Waals surface area contributed by atoms with Crippen molar-refractivity contribution in [3.05, 3.63) is 84.9 Å². The zero-order valence-corrected chi connectivity index (χ0v) is 17.4. The summed E-state index contributed by atoms with van der Waals surface area (Å²) in [5.41, 5.74) is 0. The maximum Gasteiger partial charge on any atom is 0.161 e. The Morgan fingerprint density at radius 2 is 1.47 bits per heavy atom. The maximum absolute atomic E-state index is 14.3. The van der Waals surface area contributed by atoms with Crippen LogP contribution in [0.2, 0.25) is 0 Å². The summed E-state index contributed by atoms with van der Waals surface area (Å²) in [7, 11) is -3.04. The van der Waals surface area contributed by atoms with Crippen LogP contribution in [0.5, 0.6) is 11.5 Å². The molecule has 3 aromatic carbocycles. The van der Waals surface area contributed by atoms with Crippen LogP contribution in [0.25, 0.3) is 0 Å². The number of hydrogen-bond donors (Lipinski definition) is 2. The molecule has 30 heavy (non-hydrogen) atoms. The number of aliphatic hydroxyl groups is 1. The maximum atomic E-state index is 14.3. The van der Waals surface area contributed by atoms with Crippen LogP contribution < -0.4 is 15.3 Å². The molecule has 1 aliphatic heterocycles. The molecule has 5 nitrogen and oxygen atoms in total. The topological polar surface area (TPSA) is 76.0 Å². The molecule has 0 bridgehead atoms. The molecule has 0 unspecified atom stereocenters. The van der Waals surface area contributed by atoms with Crippen molar-refractivity contribution in [2.45, 2.75) is 24.7 Å². The second kappa shape index (κ2) is 9.05. The van der Waals surface area contributed by atoms with Crippen LogP contribution in [0.15, 0.2) is 84.9 Å². The number of phenols is 1. The number of ether oxygens (including phenoxy) is 2. The summed E-state index contributed by atoms with van der Waals surface area (Å²) in [6.07, 6.45) is -1.53. The highest BCUT2D eigenvalue weighted by atomic mass is 31.2. The lowest BCUT2D eigenvalue weighted by Gasteiger charge is -2.36. The quantitative estimate of drug-likeness (QED) is 0.594. The first-order valence-electron chi connectivity index (χ1n) is 10.0. The molecule has 156 valence electrons. The highest BCUT2D eigenvalue weighted by Crippen LogP contribution is 2.45. The molecule has 3 aromatic rings. The Hall–Kier alpha value is -2.59. The van der Waals surface area contributed by atoms with Gasteiger partial charge in [0, 0.05) is 23.2 Å². The first kappa shape index (κ1) is 20.7. The highest BCUT2D eigenvalue weighted by Gasteiger charge is 2.40. The largest absolute Gasteiger partial charge is 0.504 e. The molecule has 6 heteroatoms. The lowest BCUT2D eigenvalue weighted by atomic mass is 10.0. The van der Waals surface area contributed by atoms with Crippen molar-refractivity contribution in [1.82, 2.24) is 0 Å². The summed E-state index contributed by atoms with van der Waals surface area (Å²) in [5.74, 6) is 0.337. The number of aliphatic hydroxyl groups excluding tert-OH is 1. The molecule has 0 amide bonds. The SMILES string of the molecule is O=P(C[C@@H]1OCC[C@@H](Oc2ccccc2O)[C@@H]1O)(c1ccccc1)c1ccccc1. The molecule has 1 saturated heterocycles. The van der Waals surface area contributed by atoms with E-state index in [1.165, 1.54) is 6.07 Å². The molecule has 0 aliphatic carbocycles. The van der Waals surface area contributed by atoms with Crippen LogP contribution in [0.1, 0.15) is 6.42 Å². The number of rotatable bonds is 6. The first-order chi connectivity index (χ1) is 14.6. The van der Waals surface area contributed by atoms with Gasteiger partial charge in [-0.05, 0) is 12.1 Å². The van der Waals surface area contributed by atoms with Gasteiger partial charge in [-0.15, -0.1) is 0 Å². The van der Waals surface area contributed by atoms with Crippen molar-refractivity contribution >= 4 is 17.8 Å². The van der Waals surface area contributed by atoms with E-state index in [1.807, 2.05) is 60.7 Å². The van der Waals surface area contributed by atoms with E-state index in [4.69, 9.17) is 9.47 Å². The molecule has 0 spiro atoms. The average Bonchev–Trinajstić information content (AvgIpc) is 2.79. The third-order valence-electron chi connectivity index (χ3n) is 5.42. The first-order valence-corrected chi connectivity index (χ1v) is 11.9. The molecule has 0 aromatic heterocycles. The Kier molecular flexibility index (Phi) is 6.24. The lowest BCUT2D eigenvalue weighted by Crippen LogP contribution is -2.49. The standard InChI is InChI=1S/C24H25O5P/c25-20-13-7-8-14-21(20)29-22-15-16-28-23(24(22)26)17-30(27,18-9-3-1-4-10-18)19-11-5-2-6-12-19/h1-14,22-26H,15-17H2/t22-,23+,24+/m1/s1. The minimum absolute atomic E-state index is 0.0204. The third-order valence-corrected chi connectivity index (χ3v) is 8.56. The minimum atomic E-state index is -3.04. The number of para-hydroxylation sites is 2. The van der Waals surface area contributed by atoms with Crippen molar-refractivity contribution in [3.63, 3.8) is 0 Å². The van der Waals surface area contributed by atoms with Crippen LogP contribution in [0.3, 0.4) is 0 Å². The van der Waals surface area contributed by atoms with Gasteiger partial charge in [0.05, 0.1) is 12.7 Å². The van der Waals surface area contributed by atoms with Crippen LogP contribution in [0.4, 0.5) is 0 Å². The van der Waals surface area contributed by atoms with Crippen LogP contribution in [-0.2, 0) is 9.30 Å². The Labute approximate surface area is 176 Å². The molecule has 0 saturated carbocycles. The van der Waals surface area contributed by atoms with Gasteiger partial charge in [-0.2, -0.15) is 0 Å². The fourth-order valence-corrected chi connectivity index (χ4v) is 6.66. The van der Waals surface area contributed by atoms with E-state index in [9.17, 15) is 14.8 Å². The van der Waals surface area contributed by atoms with Gasteiger partial charge in [0.2, 0.25) is 0 Å². The Balaban J connectivity index is 1.60. The highest BCUT2D eigenvalue weighted by molar-refractivity contribution is 7.78. The molecule has 3 atom stereocenters. The van der Waals surface area contributed by atoms with E-state index in [1.54, 1.807) is 18.2 Å². The van der Waals surface area contributed by atoms with Gasteiger partial charge >= 0.3 is 0 Å². The van der Waals surface area contributed by atoms with Crippen molar-refractivity contribution in [3.8, 4) is 11.5 Å². The fourth-order valence-electron chi connectivity index (χ4n) is 3.80. The summed E-state index contributed by atoms with van der Waals surface area (Å²) in [5, 5.41) is 22.4. The third kappa shape index (κ3) is 4.29. The summed E-state index contributed by atoms with van der Waals surface area (Å²) >= 11 is 0. The smallest absolute Gasteiger partial charge is 0.161 e. The van der Waals surface area contributed by atoms with Crippen LogP contribution >= 0.6 is 7.14 Å². The van der Waals surface area contributed by atoms with Crippen LogP contribution in [-0.4, -0.2) is 41.3 Å². The summed E-state index contributed by atoms with van der Waals surface area (Å²) in [6.45, 7) is 0.379. The van der Waals surface area contributed by atoms with Crippen molar-refractivity contribution in [2.75, 3.05) is 12.8 Å². The van der Waals surface area contributed by atoms with Gasteiger partial charge in [0.25, 0.3) is 0 Å². The van der Waals surface area contributed by atoms with E-state index < -0.39 is 25.5 Å². The van der Waals surface area contributed by atoms with E-state index >= 15 is 0 Å². The number of hydrogen-bond acceptors (Lipinski definition) is 5. The second-order valence-electron chi connectivity index (χ2n) is 7.41. The average molecular weight is 424 g/mol. The van der Waals surface area contributed by atoms with Crippen molar-refractivity contribution in [1.29, 1.82) is 0 Å². The Morgan fingerprint density at radius 3 is 2.07 bits per heavy atom. The number of benzene rings is 3. The van der Waals surface area contributed by atoms with E-state index in [0.29, 0.717) is 18.8 Å². The minimum Gasteiger partial charge on any atom is -0.504 e. The Morgan fingerprint density at radius 1 is 0.900 bits per heavy atom. The zero-order chi connectivity index (χ0) is 21.0. The van der Waals surface area contributed by atoms with E-state index in [0.717, 1.165) is 10.6 Å². The summed E-state index contributed by atoms with van der Waals surface area (Å²) in [6, 6.07) is 25.4. The number of phenolic OH excluding ortho intramolecular Hbond substituents is 1. The van der Waals surface area contributed by atoms with E-state index in [-0.39, 0.29) is 11.9 Å². The summed E-state index contributed by atoms with van der Waals surface area (Å²) in [4.78, 5) is 0. The Bertz CT molecular complexity index is 965. The van der Waals surface area contributed by atoms with Gasteiger partial charge in [-0.3, -0.25) is 0 Å². The molecular weight excluding hydrogens is 399 g/mol. The van der Waals surface area contributed by atoms with Crippen molar-refractivity contribution in [2.24, 2.45) is 0 Å². The fraction of sp³-hybridized carbons (Fsp3) is 0.250. The number of aromatic hydroxyl groups is 1. The zero-order valence-electron chi connectivity index (χ0n) is 16.5. The van der Waals surface area contributed by atoms with Gasteiger partial charge < -0.3 is 24.3 Å². The molecule has 4 rings (SSSR count). The van der Waals surface area contributed by atoms with Gasteiger partial charge in [0.15, 0.2) is 11.5 Å². The molecule has 1 fully saturated rings. The molecule has 1 aliphatic rings. The monoisotopic (exact) mass is 424 g/mol. The lowest BCUT2D eigenvalue weighted by molar-refractivity contribution is -0.117. The molecule has 1 heterocycles. The molecule has 0 radical (unpaired) electrons. The predicted octanol–water partition coefficient (Wildman–Crippen LogP) is 3.30. The van der Waals surface area contributed by atoms with Crippen LogP contribution in [0, 0.1) is 0 Å². The predicted molar refractivity (Wildman–Crippen MR) is 118 cm³/mol. The van der Waals surface area contributed by atoms with Crippen molar-refractivity contribution < 1.29 is 24.3 Å². The molecule has 2 N–H and O–H groups in total. The van der Waals surface area contributed by atoms with E-state index in [2.05, 4.69) is 0 Å². The van der Waals surface area contributed by atoms with Gasteiger partial charge in [-0.25, -0.2) is 0 Å². The second-order valence-corrected chi connectivity index (χ2v) is 10.3.